The van der Waals surface area contributed by atoms with Crippen molar-refractivity contribution in [3.05, 3.63) is 82.1 Å². The number of aromatic nitrogens is 2. The molecule has 2 aliphatic rings. The number of nitrogens with two attached hydrogens (primary N) is 1. The van der Waals surface area contributed by atoms with Crippen molar-refractivity contribution in [2.75, 3.05) is 25.9 Å². The van der Waals surface area contributed by atoms with Gasteiger partial charge in [0.05, 0.1) is 5.69 Å². The molecule has 0 saturated carbocycles. The van der Waals surface area contributed by atoms with Crippen molar-refractivity contribution in [2.24, 2.45) is 5.92 Å². The summed E-state index contributed by atoms with van der Waals surface area (Å²) in [5, 5.41) is 8.30. The highest BCUT2D eigenvalue weighted by molar-refractivity contribution is 5.62. The summed E-state index contributed by atoms with van der Waals surface area (Å²) >= 11 is 0. The third-order valence-corrected chi connectivity index (χ3v) is 6.14. The topological polar surface area (TPSA) is 55.0 Å². The van der Waals surface area contributed by atoms with Gasteiger partial charge in [-0.25, -0.2) is 0 Å². The Labute approximate surface area is 173 Å². The van der Waals surface area contributed by atoms with Crippen LogP contribution >= 0.6 is 0 Å². The number of allylic oxidation sites excluding steroid dienone is 2. The van der Waals surface area contributed by atoms with Gasteiger partial charge in [-0.05, 0) is 61.2 Å². The number of rotatable bonds is 3. The number of hydrogen-bond donors (Lipinski definition) is 1. The minimum absolute atomic E-state index is 0.196. The summed E-state index contributed by atoms with van der Waals surface area (Å²) in [6, 6.07) is 12.6. The lowest BCUT2D eigenvalue weighted by Gasteiger charge is -2.37. The minimum Gasteiger partial charge on any atom is -0.382 e. The van der Waals surface area contributed by atoms with Gasteiger partial charge in [0.2, 0.25) is 0 Å². The largest absolute Gasteiger partial charge is 0.382 e. The predicted octanol–water partition coefficient (Wildman–Crippen LogP) is 4.63. The summed E-state index contributed by atoms with van der Waals surface area (Å²) in [4.78, 5) is 2.44. The van der Waals surface area contributed by atoms with Gasteiger partial charge in [0.25, 0.3) is 0 Å². The number of nitrogens with zero attached hydrogens (tertiary/aromatic N) is 3. The summed E-state index contributed by atoms with van der Waals surface area (Å²) in [6.07, 6.45) is 9.37. The molecule has 4 heteroatoms. The first kappa shape index (κ1) is 19.6. The van der Waals surface area contributed by atoms with Gasteiger partial charge in [0, 0.05) is 24.9 Å². The van der Waals surface area contributed by atoms with Crippen molar-refractivity contribution >= 4 is 11.9 Å². The van der Waals surface area contributed by atoms with Gasteiger partial charge in [0.1, 0.15) is 5.82 Å². The zero-order chi connectivity index (χ0) is 20.4. The van der Waals surface area contributed by atoms with Crippen LogP contribution in [0.4, 0.5) is 5.82 Å². The second kappa shape index (κ2) is 8.34. The zero-order valence-electron chi connectivity index (χ0n) is 17.6. The van der Waals surface area contributed by atoms with E-state index in [1.165, 1.54) is 22.3 Å². The Morgan fingerprint density at radius 2 is 1.97 bits per heavy atom. The molecule has 1 aromatic carbocycles. The third kappa shape index (κ3) is 4.18. The number of piperidine rings is 1. The van der Waals surface area contributed by atoms with Gasteiger partial charge >= 0.3 is 0 Å². The first-order chi connectivity index (χ1) is 14.0. The van der Waals surface area contributed by atoms with Gasteiger partial charge < -0.3 is 10.6 Å². The second-order valence-corrected chi connectivity index (χ2v) is 8.28. The molecule has 0 radical (unpaired) electrons. The fourth-order valence-corrected chi connectivity index (χ4v) is 4.64. The molecule has 4 nitrogen and oxygen atoms in total. The quantitative estimate of drug-likeness (QED) is 0.836. The van der Waals surface area contributed by atoms with Crippen molar-refractivity contribution in [3.8, 4) is 0 Å². The number of aryl methyl sites for hydroxylation is 1. The molecule has 2 unspecified atom stereocenters. The van der Waals surface area contributed by atoms with Crippen LogP contribution < -0.4 is 5.73 Å². The monoisotopic (exact) mass is 386 g/mol. The summed E-state index contributed by atoms with van der Waals surface area (Å²) in [7, 11) is 2.22. The maximum absolute atomic E-state index is 5.70. The summed E-state index contributed by atoms with van der Waals surface area (Å²) < 4.78 is 0. The molecule has 29 heavy (non-hydrogen) atoms. The molecule has 1 fully saturated rings. The Bertz CT molecular complexity index is 969. The van der Waals surface area contributed by atoms with E-state index < -0.39 is 0 Å². The third-order valence-electron chi connectivity index (χ3n) is 6.14. The van der Waals surface area contributed by atoms with Crippen LogP contribution in [0.5, 0.6) is 0 Å². The molecule has 0 bridgehead atoms. The van der Waals surface area contributed by atoms with Crippen molar-refractivity contribution in [1.29, 1.82) is 0 Å². The highest BCUT2D eigenvalue weighted by Crippen LogP contribution is 2.38. The van der Waals surface area contributed by atoms with E-state index in [4.69, 9.17) is 5.73 Å². The minimum atomic E-state index is 0.196. The molecule has 2 N–H and O–H groups in total. The fourth-order valence-electron chi connectivity index (χ4n) is 4.64. The molecule has 1 aliphatic carbocycles. The van der Waals surface area contributed by atoms with Crippen molar-refractivity contribution in [3.63, 3.8) is 0 Å². The van der Waals surface area contributed by atoms with Gasteiger partial charge in [-0.1, -0.05) is 55.0 Å². The van der Waals surface area contributed by atoms with E-state index in [2.05, 4.69) is 78.5 Å². The molecule has 2 heterocycles. The van der Waals surface area contributed by atoms with E-state index in [0.29, 0.717) is 11.7 Å². The Kier molecular flexibility index (Phi) is 5.63. The number of hydrogen-bond acceptors (Lipinski definition) is 4. The average molecular weight is 387 g/mol. The van der Waals surface area contributed by atoms with Gasteiger partial charge in [-0.2, -0.15) is 5.10 Å². The van der Waals surface area contributed by atoms with Crippen LogP contribution in [0, 0.1) is 5.92 Å². The van der Waals surface area contributed by atoms with Crippen molar-refractivity contribution in [2.45, 2.75) is 32.6 Å². The molecular formula is C25H30N4. The first-order valence-electron chi connectivity index (χ1n) is 10.5. The van der Waals surface area contributed by atoms with Crippen LogP contribution in [0.2, 0.25) is 0 Å². The lowest BCUT2D eigenvalue weighted by atomic mass is 9.77. The highest BCUT2D eigenvalue weighted by Gasteiger charge is 2.29. The van der Waals surface area contributed by atoms with Gasteiger partial charge in [-0.3, -0.25) is 0 Å². The van der Waals surface area contributed by atoms with E-state index in [-0.39, 0.29) is 5.92 Å². The smallest absolute Gasteiger partial charge is 0.146 e. The van der Waals surface area contributed by atoms with Crippen LogP contribution in [0.3, 0.4) is 0 Å². The van der Waals surface area contributed by atoms with Crippen molar-refractivity contribution < 1.29 is 0 Å². The number of likely N-dealkylation sites (N-methyl/N-ethyl adjacent to an activating group) is 1. The lowest BCUT2D eigenvalue weighted by Crippen LogP contribution is -2.36. The summed E-state index contributed by atoms with van der Waals surface area (Å²) in [5.41, 5.74) is 13.9. The number of benzene rings is 1. The lowest BCUT2D eigenvalue weighted by molar-refractivity contribution is 0.306. The van der Waals surface area contributed by atoms with Crippen LogP contribution in [0.1, 0.15) is 43.0 Å². The molecule has 0 spiro atoms. The SMILES string of the molecule is C/C=C1\C(=C/C(C)c2ccc(N)nn2)CN(C)CC1C1=Cc2ccccc2CC1. The molecule has 1 aromatic heterocycles. The predicted molar refractivity (Wildman–Crippen MR) is 120 cm³/mol. The van der Waals surface area contributed by atoms with E-state index in [0.717, 1.165) is 31.6 Å². The van der Waals surface area contributed by atoms with Crippen LogP contribution in [-0.4, -0.2) is 35.2 Å². The van der Waals surface area contributed by atoms with Gasteiger partial charge in [0.15, 0.2) is 0 Å². The molecule has 150 valence electrons. The van der Waals surface area contributed by atoms with Crippen molar-refractivity contribution in [1.82, 2.24) is 15.1 Å². The van der Waals surface area contributed by atoms with Gasteiger partial charge in [-0.15, -0.1) is 5.10 Å². The number of likely N-dealkylation sites (tertiary alicyclic amines) is 1. The Morgan fingerprint density at radius 1 is 1.14 bits per heavy atom. The normalized spacial score (nSPS) is 23.7. The van der Waals surface area contributed by atoms with Crippen LogP contribution in [-0.2, 0) is 6.42 Å². The molecule has 1 saturated heterocycles. The maximum atomic E-state index is 5.70. The molecule has 2 atom stereocenters. The molecule has 2 aromatic rings. The van der Waals surface area contributed by atoms with E-state index in [9.17, 15) is 0 Å². The molecule has 4 rings (SSSR count). The van der Waals surface area contributed by atoms with E-state index in [1.54, 1.807) is 5.57 Å². The maximum Gasteiger partial charge on any atom is 0.146 e. The Morgan fingerprint density at radius 3 is 2.72 bits per heavy atom. The second-order valence-electron chi connectivity index (χ2n) is 8.28. The Balaban J connectivity index is 1.65. The summed E-state index contributed by atoms with van der Waals surface area (Å²) in [5.74, 6) is 1.11. The molecule has 0 amide bonds. The van der Waals surface area contributed by atoms with Crippen LogP contribution in [0.25, 0.3) is 6.08 Å². The standard InChI is InChI=1S/C25H30N4/c1-4-22-21(13-17(2)24-11-12-25(26)28-27-24)15-29(3)16-23(22)20-10-9-18-7-5-6-8-19(18)14-20/h4-8,11-14,17,23H,9-10,15-16H2,1-3H3,(H2,26,28)/b21-13-,22-4+. The summed E-state index contributed by atoms with van der Waals surface area (Å²) in [6.45, 7) is 6.39. The fraction of sp³-hybridized carbons (Fsp3) is 0.360. The van der Waals surface area contributed by atoms with E-state index >= 15 is 0 Å². The number of fused-ring (bicyclic) bond motifs is 1. The average Bonchev–Trinajstić information content (AvgIpc) is 2.73. The zero-order valence-corrected chi connectivity index (χ0v) is 17.6. The highest BCUT2D eigenvalue weighted by atomic mass is 15.1. The van der Waals surface area contributed by atoms with E-state index in [1.807, 2.05) is 12.1 Å². The first-order valence-corrected chi connectivity index (χ1v) is 10.5. The number of anilines is 1. The van der Waals surface area contributed by atoms with Crippen LogP contribution in [0.15, 0.2) is 65.3 Å². The Hall–Kier alpha value is -2.72. The molecule has 1 aliphatic heterocycles. The number of nitrogen functional groups attached to an aromatic ring is 1. The molecular weight excluding hydrogens is 356 g/mol.